The van der Waals surface area contributed by atoms with E-state index >= 15 is 0 Å². The van der Waals surface area contributed by atoms with Crippen LogP contribution in [0, 0.1) is 6.92 Å². The lowest BCUT2D eigenvalue weighted by atomic mass is 9.84. The van der Waals surface area contributed by atoms with Crippen LogP contribution in [0.4, 0.5) is 0 Å². The lowest BCUT2D eigenvalue weighted by Crippen LogP contribution is -2.41. The normalized spacial score (nSPS) is 12.2. The van der Waals surface area contributed by atoms with Gasteiger partial charge in [-0.1, -0.05) is 49.2 Å². The number of rotatable bonds is 6. The van der Waals surface area contributed by atoms with Gasteiger partial charge < -0.3 is 5.32 Å². The summed E-state index contributed by atoms with van der Waals surface area (Å²) >= 11 is 6.10. The fourth-order valence-electron chi connectivity index (χ4n) is 4.20. The quantitative estimate of drug-likeness (QED) is 0.500. The first-order chi connectivity index (χ1) is 14.4. The number of nitrogens with zero attached hydrogens (tertiary/aromatic N) is 4. The number of nitrogens with one attached hydrogen (secondary N) is 1. The molecule has 0 bridgehead atoms. The molecule has 0 amide bonds. The Bertz CT molecular complexity index is 1270. The third kappa shape index (κ3) is 3.30. The molecule has 7 heteroatoms. The van der Waals surface area contributed by atoms with E-state index in [4.69, 9.17) is 11.6 Å². The molecule has 2 aromatic carbocycles. The molecular formula is C23H26ClN5O. The van der Waals surface area contributed by atoms with E-state index < -0.39 is 0 Å². The van der Waals surface area contributed by atoms with Crippen LogP contribution >= 0.6 is 11.6 Å². The van der Waals surface area contributed by atoms with Crippen LogP contribution in [0.3, 0.4) is 0 Å². The number of halogens is 1. The Hall–Kier alpha value is -2.70. The van der Waals surface area contributed by atoms with Crippen molar-refractivity contribution in [2.75, 3.05) is 0 Å². The lowest BCUT2D eigenvalue weighted by Gasteiger charge is -2.33. The number of aryl methyl sites for hydroxylation is 2. The molecule has 4 aromatic rings. The average molecular weight is 424 g/mol. The molecule has 0 radical (unpaired) electrons. The second-order valence-corrected chi connectivity index (χ2v) is 8.22. The van der Waals surface area contributed by atoms with E-state index in [2.05, 4.69) is 41.5 Å². The third-order valence-corrected chi connectivity index (χ3v) is 6.38. The summed E-state index contributed by atoms with van der Waals surface area (Å²) in [5, 5.41) is 13.8. The minimum Gasteiger partial charge on any atom is -0.300 e. The molecule has 0 aliphatic heterocycles. The summed E-state index contributed by atoms with van der Waals surface area (Å²) < 4.78 is 3.53. The molecular weight excluding hydrogens is 398 g/mol. The topological polar surface area (TPSA) is 64.2 Å². The first-order valence-electron chi connectivity index (χ1n) is 10.2. The van der Waals surface area contributed by atoms with Gasteiger partial charge in [0.25, 0.3) is 5.56 Å². The highest BCUT2D eigenvalue weighted by Crippen LogP contribution is 2.30. The van der Waals surface area contributed by atoms with Crippen LogP contribution in [-0.4, -0.2) is 19.2 Å². The third-order valence-electron chi connectivity index (χ3n) is 6.13. The van der Waals surface area contributed by atoms with E-state index in [1.807, 2.05) is 41.7 Å². The van der Waals surface area contributed by atoms with E-state index in [-0.39, 0.29) is 11.1 Å². The Balaban J connectivity index is 1.79. The van der Waals surface area contributed by atoms with Crippen LogP contribution in [0.15, 0.2) is 47.3 Å². The van der Waals surface area contributed by atoms with Gasteiger partial charge in [-0.25, -0.2) is 0 Å². The highest BCUT2D eigenvalue weighted by Gasteiger charge is 2.28. The fourth-order valence-corrected chi connectivity index (χ4v) is 4.33. The Morgan fingerprint density at radius 1 is 1.07 bits per heavy atom. The SMILES string of the molecule is CCC(CC)(NCc1nnc2n(C)c(=O)c3cc(C)ccc3n12)c1ccc(Cl)cc1. The summed E-state index contributed by atoms with van der Waals surface area (Å²) in [7, 11) is 1.74. The van der Waals surface area contributed by atoms with Crippen LogP contribution in [-0.2, 0) is 19.1 Å². The minimum atomic E-state index is -0.205. The smallest absolute Gasteiger partial charge is 0.262 e. The van der Waals surface area contributed by atoms with Gasteiger partial charge in [0.05, 0.1) is 17.4 Å². The van der Waals surface area contributed by atoms with Gasteiger partial charge >= 0.3 is 0 Å². The summed E-state index contributed by atoms with van der Waals surface area (Å²) in [6, 6.07) is 13.9. The van der Waals surface area contributed by atoms with E-state index in [9.17, 15) is 4.79 Å². The fraction of sp³-hybridized carbons (Fsp3) is 0.348. The number of benzene rings is 2. The second-order valence-electron chi connectivity index (χ2n) is 7.79. The maximum atomic E-state index is 12.8. The zero-order chi connectivity index (χ0) is 21.5. The molecule has 0 saturated heterocycles. The Morgan fingerprint density at radius 3 is 2.43 bits per heavy atom. The van der Waals surface area contributed by atoms with E-state index in [1.54, 1.807) is 11.6 Å². The molecule has 0 unspecified atom stereocenters. The molecule has 2 heterocycles. The lowest BCUT2D eigenvalue weighted by molar-refractivity contribution is 0.302. The zero-order valence-electron chi connectivity index (χ0n) is 17.7. The van der Waals surface area contributed by atoms with Crippen LogP contribution < -0.4 is 10.9 Å². The van der Waals surface area contributed by atoms with Gasteiger partial charge in [-0.05, 0) is 49.6 Å². The molecule has 0 fully saturated rings. The average Bonchev–Trinajstić information content (AvgIpc) is 3.18. The van der Waals surface area contributed by atoms with Crippen LogP contribution in [0.25, 0.3) is 16.7 Å². The molecule has 0 saturated carbocycles. The minimum absolute atomic E-state index is 0.0641. The van der Waals surface area contributed by atoms with Gasteiger partial charge in [-0.15, -0.1) is 10.2 Å². The monoisotopic (exact) mass is 423 g/mol. The largest absolute Gasteiger partial charge is 0.300 e. The first-order valence-corrected chi connectivity index (χ1v) is 10.6. The molecule has 0 aliphatic rings. The summed E-state index contributed by atoms with van der Waals surface area (Å²) in [6.45, 7) is 6.86. The van der Waals surface area contributed by atoms with Gasteiger partial charge in [0.1, 0.15) is 0 Å². The number of fused-ring (bicyclic) bond motifs is 3. The van der Waals surface area contributed by atoms with E-state index in [0.717, 1.165) is 34.8 Å². The molecule has 30 heavy (non-hydrogen) atoms. The summed E-state index contributed by atoms with van der Waals surface area (Å²) in [5.41, 5.74) is 2.80. The van der Waals surface area contributed by atoms with Crippen molar-refractivity contribution in [1.82, 2.24) is 24.5 Å². The molecule has 2 aromatic heterocycles. The summed E-state index contributed by atoms with van der Waals surface area (Å²) in [4.78, 5) is 12.8. The van der Waals surface area contributed by atoms with E-state index in [0.29, 0.717) is 17.7 Å². The predicted octanol–water partition coefficient (Wildman–Crippen LogP) is 4.35. The highest BCUT2D eigenvalue weighted by molar-refractivity contribution is 6.30. The Morgan fingerprint density at radius 2 is 1.77 bits per heavy atom. The van der Waals surface area contributed by atoms with Gasteiger partial charge in [-0.2, -0.15) is 0 Å². The standard InChI is InChI=1S/C23H26ClN5O/c1-5-23(6-2,16-8-10-17(24)11-9-16)25-14-20-26-27-22-28(4)21(30)18-13-15(3)7-12-19(18)29(20)22/h7-13,25H,5-6,14H2,1-4H3. The van der Waals surface area contributed by atoms with Gasteiger partial charge in [0, 0.05) is 17.6 Å². The second kappa shape index (κ2) is 7.85. The molecule has 0 atom stereocenters. The van der Waals surface area contributed by atoms with Crippen molar-refractivity contribution >= 4 is 28.3 Å². The highest BCUT2D eigenvalue weighted by atomic mass is 35.5. The van der Waals surface area contributed by atoms with Crippen molar-refractivity contribution in [2.24, 2.45) is 7.05 Å². The molecule has 0 spiro atoms. The van der Waals surface area contributed by atoms with Crippen molar-refractivity contribution in [3.05, 3.63) is 74.8 Å². The molecule has 1 N–H and O–H groups in total. The van der Waals surface area contributed by atoms with Crippen molar-refractivity contribution in [3.8, 4) is 0 Å². The zero-order valence-corrected chi connectivity index (χ0v) is 18.5. The van der Waals surface area contributed by atoms with Gasteiger partial charge in [0.15, 0.2) is 5.82 Å². The molecule has 6 nitrogen and oxygen atoms in total. The molecule has 4 rings (SSSR count). The Labute approximate surface area is 180 Å². The molecule has 156 valence electrons. The van der Waals surface area contributed by atoms with Crippen LogP contribution in [0.1, 0.15) is 43.6 Å². The van der Waals surface area contributed by atoms with Gasteiger partial charge in [-0.3, -0.25) is 13.8 Å². The molecule has 0 aliphatic carbocycles. The number of hydrogen-bond donors (Lipinski definition) is 1. The maximum Gasteiger partial charge on any atom is 0.262 e. The first kappa shape index (κ1) is 20.6. The summed E-state index contributed by atoms with van der Waals surface area (Å²) in [5.74, 6) is 1.31. The Kier molecular flexibility index (Phi) is 5.38. The maximum absolute atomic E-state index is 12.8. The van der Waals surface area contributed by atoms with Crippen molar-refractivity contribution < 1.29 is 0 Å². The summed E-state index contributed by atoms with van der Waals surface area (Å²) in [6.07, 6.45) is 1.83. The van der Waals surface area contributed by atoms with Crippen molar-refractivity contribution in [2.45, 2.75) is 45.7 Å². The van der Waals surface area contributed by atoms with E-state index in [1.165, 1.54) is 5.56 Å². The van der Waals surface area contributed by atoms with Crippen LogP contribution in [0.2, 0.25) is 5.02 Å². The number of hydrogen-bond acceptors (Lipinski definition) is 4. The van der Waals surface area contributed by atoms with Crippen LogP contribution in [0.5, 0.6) is 0 Å². The number of aromatic nitrogens is 4. The van der Waals surface area contributed by atoms with Crippen molar-refractivity contribution in [1.29, 1.82) is 0 Å². The van der Waals surface area contributed by atoms with Crippen molar-refractivity contribution in [3.63, 3.8) is 0 Å². The predicted molar refractivity (Wildman–Crippen MR) is 121 cm³/mol. The van der Waals surface area contributed by atoms with Gasteiger partial charge in [0.2, 0.25) is 5.78 Å².